The van der Waals surface area contributed by atoms with Crippen LogP contribution in [-0.4, -0.2) is 30.9 Å². The van der Waals surface area contributed by atoms with Gasteiger partial charge in [0.15, 0.2) is 0 Å². The van der Waals surface area contributed by atoms with Gasteiger partial charge in [-0.1, -0.05) is 16.8 Å². The zero-order chi connectivity index (χ0) is 11.1. The van der Waals surface area contributed by atoms with Gasteiger partial charge in [0.1, 0.15) is 5.15 Å². The molecule has 1 heterocycles. The van der Waals surface area contributed by atoms with E-state index in [4.69, 9.17) is 11.6 Å². The van der Waals surface area contributed by atoms with E-state index in [0.29, 0.717) is 10.7 Å². The summed E-state index contributed by atoms with van der Waals surface area (Å²) in [5.41, 5.74) is 0.615. The Hall–Kier alpha value is -1.62. The van der Waals surface area contributed by atoms with Gasteiger partial charge in [-0.25, -0.2) is 9.78 Å². The van der Waals surface area contributed by atoms with Crippen molar-refractivity contribution in [1.82, 2.24) is 4.98 Å². The van der Waals surface area contributed by atoms with E-state index >= 15 is 0 Å². The van der Waals surface area contributed by atoms with Gasteiger partial charge in [0.05, 0.1) is 13.3 Å². The van der Waals surface area contributed by atoms with Gasteiger partial charge < -0.3 is 9.57 Å². The Labute approximate surface area is 91.7 Å². The van der Waals surface area contributed by atoms with Crippen LogP contribution in [0.4, 0.5) is 0 Å². The quantitative estimate of drug-likeness (QED) is 0.337. The highest BCUT2D eigenvalue weighted by atomic mass is 35.5. The molecule has 0 spiro atoms. The molecule has 1 aromatic rings. The Balaban J connectivity index is 2.45. The predicted molar refractivity (Wildman–Crippen MR) is 54.8 cm³/mol. The first-order valence-electron chi connectivity index (χ1n) is 4.06. The third-order valence-electron chi connectivity index (χ3n) is 1.46. The number of halogens is 1. The molecule has 15 heavy (non-hydrogen) atoms. The number of oxime groups is 1. The van der Waals surface area contributed by atoms with Crippen LogP contribution in [0.15, 0.2) is 23.5 Å². The van der Waals surface area contributed by atoms with Crippen LogP contribution in [0.2, 0.25) is 5.15 Å². The molecule has 0 bridgehead atoms. The van der Waals surface area contributed by atoms with Crippen LogP contribution < -0.4 is 0 Å². The standard InChI is InChI=1S/C9H9ClN2O3/c1-14-8(13)6-15-12-5-7-3-2-4-11-9(7)10/h2-5H,6H2,1H3. The smallest absolute Gasteiger partial charge is 0.346 e. The van der Waals surface area contributed by atoms with E-state index < -0.39 is 5.97 Å². The van der Waals surface area contributed by atoms with Crippen molar-refractivity contribution in [2.75, 3.05) is 13.7 Å². The molecule has 0 aliphatic heterocycles. The van der Waals surface area contributed by atoms with Gasteiger partial charge in [-0.2, -0.15) is 0 Å². The van der Waals surface area contributed by atoms with Gasteiger partial charge in [0.25, 0.3) is 0 Å². The maximum Gasteiger partial charge on any atom is 0.346 e. The summed E-state index contributed by atoms with van der Waals surface area (Å²) < 4.78 is 4.35. The molecule has 0 unspecified atom stereocenters. The summed E-state index contributed by atoms with van der Waals surface area (Å²) >= 11 is 5.74. The molecule has 0 N–H and O–H groups in total. The highest BCUT2D eigenvalue weighted by Crippen LogP contribution is 2.08. The van der Waals surface area contributed by atoms with Crippen LogP contribution in [-0.2, 0) is 14.4 Å². The molecule has 1 aromatic heterocycles. The van der Waals surface area contributed by atoms with Gasteiger partial charge in [0, 0.05) is 11.8 Å². The molecule has 0 aliphatic rings. The van der Waals surface area contributed by atoms with Crippen LogP contribution in [0.1, 0.15) is 5.56 Å². The summed E-state index contributed by atoms with van der Waals surface area (Å²) in [5.74, 6) is -0.496. The number of rotatable bonds is 4. The van der Waals surface area contributed by atoms with Crippen LogP contribution in [0, 0.1) is 0 Å². The van der Waals surface area contributed by atoms with Crippen molar-refractivity contribution in [3.63, 3.8) is 0 Å². The average molecular weight is 229 g/mol. The topological polar surface area (TPSA) is 60.8 Å². The van der Waals surface area contributed by atoms with Gasteiger partial charge in [-0.15, -0.1) is 0 Å². The molecule has 0 aromatic carbocycles. The van der Waals surface area contributed by atoms with Crippen LogP contribution >= 0.6 is 11.6 Å². The second-order valence-electron chi connectivity index (χ2n) is 2.47. The fraction of sp³-hybridized carbons (Fsp3) is 0.222. The number of aromatic nitrogens is 1. The number of hydrogen-bond donors (Lipinski definition) is 0. The van der Waals surface area contributed by atoms with E-state index in [1.165, 1.54) is 13.3 Å². The predicted octanol–water partition coefficient (Wildman–Crippen LogP) is 1.26. The molecule has 0 amide bonds. The van der Waals surface area contributed by atoms with E-state index in [1.807, 2.05) is 0 Å². The second-order valence-corrected chi connectivity index (χ2v) is 2.83. The highest BCUT2D eigenvalue weighted by molar-refractivity contribution is 6.31. The molecule has 0 atom stereocenters. The zero-order valence-corrected chi connectivity index (χ0v) is 8.77. The average Bonchev–Trinajstić information content (AvgIpc) is 2.26. The zero-order valence-electron chi connectivity index (χ0n) is 8.01. The number of carbonyl (C=O) groups is 1. The van der Waals surface area contributed by atoms with E-state index in [2.05, 4.69) is 19.7 Å². The molecule has 0 saturated carbocycles. The summed E-state index contributed by atoms with van der Waals surface area (Å²) in [6, 6.07) is 3.44. The van der Waals surface area contributed by atoms with Crippen LogP contribution in [0.5, 0.6) is 0 Å². The second kappa shape index (κ2) is 5.98. The van der Waals surface area contributed by atoms with Crippen molar-refractivity contribution in [1.29, 1.82) is 0 Å². The number of carbonyl (C=O) groups excluding carboxylic acids is 1. The molecule has 80 valence electrons. The number of ether oxygens (including phenoxy) is 1. The first-order valence-corrected chi connectivity index (χ1v) is 4.44. The minimum absolute atomic E-state index is 0.231. The Morgan fingerprint density at radius 3 is 3.20 bits per heavy atom. The lowest BCUT2D eigenvalue weighted by Crippen LogP contribution is -2.07. The molecular weight excluding hydrogens is 220 g/mol. The molecule has 1 rings (SSSR count). The SMILES string of the molecule is COC(=O)CON=Cc1cccnc1Cl. The van der Waals surface area contributed by atoms with Gasteiger partial charge in [0.2, 0.25) is 6.61 Å². The first kappa shape index (κ1) is 11.5. The number of pyridine rings is 1. The van der Waals surface area contributed by atoms with Crippen molar-refractivity contribution >= 4 is 23.8 Å². The lowest BCUT2D eigenvalue weighted by atomic mass is 10.3. The lowest BCUT2D eigenvalue weighted by Gasteiger charge is -1.97. The van der Waals surface area contributed by atoms with Crippen LogP contribution in [0.3, 0.4) is 0 Å². The number of methoxy groups -OCH3 is 1. The van der Waals surface area contributed by atoms with E-state index in [9.17, 15) is 4.79 Å². The van der Waals surface area contributed by atoms with Gasteiger partial charge in [-0.3, -0.25) is 0 Å². The maximum absolute atomic E-state index is 10.6. The van der Waals surface area contributed by atoms with Crippen LogP contribution in [0.25, 0.3) is 0 Å². The van der Waals surface area contributed by atoms with Gasteiger partial charge in [-0.05, 0) is 12.1 Å². The van der Waals surface area contributed by atoms with Crippen molar-refractivity contribution < 1.29 is 14.4 Å². The maximum atomic E-state index is 10.6. The highest BCUT2D eigenvalue weighted by Gasteiger charge is 1.99. The number of hydrogen-bond acceptors (Lipinski definition) is 5. The Morgan fingerprint density at radius 1 is 1.73 bits per heavy atom. The Kier molecular flexibility index (Phi) is 4.56. The normalized spacial score (nSPS) is 10.3. The molecule has 0 radical (unpaired) electrons. The summed E-state index contributed by atoms with van der Waals surface area (Å²) in [4.78, 5) is 19.1. The summed E-state index contributed by atoms with van der Waals surface area (Å²) in [7, 11) is 1.27. The fourth-order valence-electron chi connectivity index (χ4n) is 0.738. The summed E-state index contributed by atoms with van der Waals surface area (Å²) in [6.07, 6.45) is 2.94. The van der Waals surface area contributed by atoms with Crippen molar-refractivity contribution in [2.45, 2.75) is 0 Å². The van der Waals surface area contributed by atoms with E-state index in [0.717, 1.165) is 0 Å². The molecule has 0 fully saturated rings. The first-order chi connectivity index (χ1) is 7.24. The fourth-order valence-corrected chi connectivity index (χ4v) is 0.906. The van der Waals surface area contributed by atoms with Crippen molar-refractivity contribution in [2.24, 2.45) is 5.16 Å². The largest absolute Gasteiger partial charge is 0.466 e. The molecule has 6 heteroatoms. The van der Waals surface area contributed by atoms with Gasteiger partial charge >= 0.3 is 5.97 Å². The summed E-state index contributed by atoms with van der Waals surface area (Å²) in [6.45, 7) is -0.231. The minimum atomic E-state index is -0.496. The molecule has 0 aliphatic carbocycles. The third-order valence-corrected chi connectivity index (χ3v) is 1.78. The Morgan fingerprint density at radius 2 is 2.53 bits per heavy atom. The third kappa shape index (κ3) is 3.95. The molecule has 5 nitrogen and oxygen atoms in total. The Bertz CT molecular complexity index is 368. The van der Waals surface area contributed by atoms with E-state index in [-0.39, 0.29) is 6.61 Å². The van der Waals surface area contributed by atoms with Crippen molar-refractivity contribution in [3.8, 4) is 0 Å². The summed E-state index contributed by atoms with van der Waals surface area (Å²) in [5, 5.41) is 3.86. The number of nitrogens with zero attached hydrogens (tertiary/aromatic N) is 2. The molecule has 0 saturated heterocycles. The van der Waals surface area contributed by atoms with Crippen molar-refractivity contribution in [3.05, 3.63) is 29.0 Å². The van der Waals surface area contributed by atoms with E-state index in [1.54, 1.807) is 18.3 Å². The monoisotopic (exact) mass is 228 g/mol. The number of esters is 1. The molecular formula is C9H9ClN2O3. The minimum Gasteiger partial charge on any atom is -0.466 e. The lowest BCUT2D eigenvalue weighted by molar-refractivity contribution is -0.145.